The lowest BCUT2D eigenvalue weighted by Gasteiger charge is -2.33. The summed E-state index contributed by atoms with van der Waals surface area (Å²) < 4.78 is 10.5. The van der Waals surface area contributed by atoms with E-state index in [2.05, 4.69) is 10.3 Å². The zero-order chi connectivity index (χ0) is 18.0. The van der Waals surface area contributed by atoms with Crippen molar-refractivity contribution in [3.8, 4) is 10.8 Å². The summed E-state index contributed by atoms with van der Waals surface area (Å²) in [6, 6.07) is 3.47. The smallest absolute Gasteiger partial charge is 0.307 e. The summed E-state index contributed by atoms with van der Waals surface area (Å²) >= 11 is 1.63. The molecular weight excluding hydrogens is 342 g/mol. The fourth-order valence-electron chi connectivity index (χ4n) is 2.84. The van der Waals surface area contributed by atoms with Gasteiger partial charge in [0.2, 0.25) is 11.8 Å². The van der Waals surface area contributed by atoms with Gasteiger partial charge in [-0.1, -0.05) is 0 Å². The predicted octanol–water partition coefficient (Wildman–Crippen LogP) is 1.88. The molecule has 1 saturated heterocycles. The number of thiophene rings is 1. The highest BCUT2D eigenvalue weighted by molar-refractivity contribution is 7.15. The number of aromatic nitrogens is 1. The highest BCUT2D eigenvalue weighted by Crippen LogP contribution is 2.29. The number of aryl methyl sites for hydroxylation is 2. The van der Waals surface area contributed by atoms with Crippen LogP contribution in [0, 0.1) is 13.8 Å². The number of carbonyl (C=O) groups excluding carboxylic acids is 2. The average molecular weight is 363 g/mol. The molecule has 1 atom stereocenters. The molecule has 134 valence electrons. The lowest BCUT2D eigenvalue weighted by molar-refractivity contribution is -0.146. The van der Waals surface area contributed by atoms with E-state index in [1.807, 2.05) is 30.9 Å². The van der Waals surface area contributed by atoms with Crippen LogP contribution in [0.2, 0.25) is 0 Å². The van der Waals surface area contributed by atoms with Crippen LogP contribution in [0.1, 0.15) is 22.8 Å². The molecule has 0 aliphatic carbocycles. The third-order valence-corrected chi connectivity index (χ3v) is 5.21. The summed E-state index contributed by atoms with van der Waals surface area (Å²) in [5, 5.41) is 2.80. The third-order valence-electron chi connectivity index (χ3n) is 4.23. The fraction of sp³-hybridized carbons (Fsp3) is 0.471. The normalized spacial score (nSPS) is 18.2. The van der Waals surface area contributed by atoms with E-state index in [1.54, 1.807) is 11.3 Å². The number of carbonyl (C=O) groups is 2. The molecule has 25 heavy (non-hydrogen) atoms. The first kappa shape index (κ1) is 17.6. The second-order valence-corrected chi connectivity index (χ2v) is 7.28. The molecule has 3 rings (SSSR count). The lowest BCUT2D eigenvalue weighted by atomic mass is 10.1. The Bertz CT molecular complexity index is 783. The minimum absolute atomic E-state index is 0.0240. The van der Waals surface area contributed by atoms with Crippen LogP contribution in [0.3, 0.4) is 0 Å². The van der Waals surface area contributed by atoms with E-state index in [-0.39, 0.29) is 12.3 Å². The molecule has 2 aromatic heterocycles. The van der Waals surface area contributed by atoms with E-state index in [4.69, 9.17) is 9.15 Å². The highest BCUT2D eigenvalue weighted by atomic mass is 32.1. The number of hydrogen-bond acceptors (Lipinski definition) is 7. The van der Waals surface area contributed by atoms with Gasteiger partial charge in [0.25, 0.3) is 0 Å². The van der Waals surface area contributed by atoms with E-state index < -0.39 is 12.0 Å². The van der Waals surface area contributed by atoms with Gasteiger partial charge in [0.05, 0.1) is 24.1 Å². The number of piperazine rings is 1. The number of rotatable bonds is 5. The topological polar surface area (TPSA) is 84.7 Å². The van der Waals surface area contributed by atoms with Gasteiger partial charge < -0.3 is 14.5 Å². The van der Waals surface area contributed by atoms with Gasteiger partial charge in [-0.05, 0) is 26.0 Å². The van der Waals surface area contributed by atoms with Crippen LogP contribution in [-0.2, 0) is 20.9 Å². The van der Waals surface area contributed by atoms with Gasteiger partial charge in [0.1, 0.15) is 11.8 Å². The first-order valence-electron chi connectivity index (χ1n) is 8.09. The van der Waals surface area contributed by atoms with Crippen molar-refractivity contribution in [1.82, 2.24) is 15.2 Å². The quantitative estimate of drug-likeness (QED) is 0.817. The van der Waals surface area contributed by atoms with Crippen molar-refractivity contribution in [2.45, 2.75) is 32.9 Å². The SMILES string of the molecule is COC(=O)CC1C(=O)NCCN1Cc1nc(-c2ccc(C)s2)oc1C. The molecule has 3 heterocycles. The number of methoxy groups -OCH3 is 1. The summed E-state index contributed by atoms with van der Waals surface area (Å²) in [6.45, 7) is 5.55. The van der Waals surface area contributed by atoms with Crippen LogP contribution in [0.5, 0.6) is 0 Å². The van der Waals surface area contributed by atoms with Gasteiger partial charge in [-0.3, -0.25) is 14.5 Å². The predicted molar refractivity (Wildman–Crippen MR) is 93.1 cm³/mol. The Kier molecular flexibility index (Phi) is 5.19. The Morgan fingerprint density at radius 2 is 2.28 bits per heavy atom. The van der Waals surface area contributed by atoms with Crippen molar-refractivity contribution in [3.05, 3.63) is 28.5 Å². The van der Waals surface area contributed by atoms with Crippen molar-refractivity contribution >= 4 is 23.2 Å². The van der Waals surface area contributed by atoms with Gasteiger partial charge in [-0.2, -0.15) is 0 Å². The molecule has 1 fully saturated rings. The molecule has 2 aromatic rings. The van der Waals surface area contributed by atoms with Crippen molar-refractivity contribution in [2.75, 3.05) is 20.2 Å². The van der Waals surface area contributed by atoms with Crippen LogP contribution in [-0.4, -0.2) is 48.0 Å². The minimum atomic E-state index is -0.551. The Morgan fingerprint density at radius 3 is 2.96 bits per heavy atom. The largest absolute Gasteiger partial charge is 0.469 e. The summed E-state index contributed by atoms with van der Waals surface area (Å²) in [6.07, 6.45) is 0.0240. The summed E-state index contributed by atoms with van der Waals surface area (Å²) in [5.41, 5.74) is 0.783. The van der Waals surface area contributed by atoms with E-state index in [1.165, 1.54) is 12.0 Å². The minimum Gasteiger partial charge on any atom is -0.469 e. The first-order chi connectivity index (χ1) is 12.0. The molecule has 1 N–H and O–H groups in total. The second kappa shape index (κ2) is 7.37. The van der Waals surface area contributed by atoms with Gasteiger partial charge in [-0.15, -0.1) is 11.3 Å². The fourth-order valence-corrected chi connectivity index (χ4v) is 3.63. The van der Waals surface area contributed by atoms with Crippen LogP contribution in [0.15, 0.2) is 16.5 Å². The number of hydrogen-bond donors (Lipinski definition) is 1. The van der Waals surface area contributed by atoms with Gasteiger partial charge in [-0.25, -0.2) is 4.98 Å². The lowest BCUT2D eigenvalue weighted by Crippen LogP contribution is -2.55. The molecule has 0 aromatic carbocycles. The molecule has 0 bridgehead atoms. The first-order valence-corrected chi connectivity index (χ1v) is 8.91. The molecule has 8 heteroatoms. The van der Waals surface area contributed by atoms with E-state index >= 15 is 0 Å². The number of oxazole rings is 1. The number of amides is 1. The molecule has 0 radical (unpaired) electrons. The monoisotopic (exact) mass is 363 g/mol. The van der Waals surface area contributed by atoms with Crippen LogP contribution < -0.4 is 5.32 Å². The number of esters is 1. The Balaban J connectivity index is 1.79. The van der Waals surface area contributed by atoms with Crippen LogP contribution in [0.4, 0.5) is 0 Å². The molecule has 0 saturated carbocycles. The summed E-state index contributed by atoms with van der Waals surface area (Å²) in [7, 11) is 1.32. The molecule has 1 unspecified atom stereocenters. The number of nitrogens with one attached hydrogen (secondary N) is 1. The molecule has 1 aliphatic rings. The molecule has 7 nitrogen and oxygen atoms in total. The summed E-state index contributed by atoms with van der Waals surface area (Å²) in [5.74, 6) is 0.756. The van der Waals surface area contributed by atoms with Crippen molar-refractivity contribution in [3.63, 3.8) is 0 Å². The van der Waals surface area contributed by atoms with Crippen molar-refractivity contribution in [2.24, 2.45) is 0 Å². The van der Waals surface area contributed by atoms with Crippen molar-refractivity contribution < 1.29 is 18.7 Å². The van der Waals surface area contributed by atoms with E-state index in [0.29, 0.717) is 25.5 Å². The average Bonchev–Trinajstić information content (AvgIpc) is 3.17. The van der Waals surface area contributed by atoms with Crippen LogP contribution in [0.25, 0.3) is 10.8 Å². The Morgan fingerprint density at radius 1 is 1.48 bits per heavy atom. The standard InChI is InChI=1S/C17H21N3O4S/c1-10-4-5-14(25-10)17-19-12(11(2)24-17)9-20-7-6-18-16(22)13(20)8-15(21)23-3/h4-5,13H,6-9H2,1-3H3,(H,18,22). The second-order valence-electron chi connectivity index (χ2n) is 5.99. The Hall–Kier alpha value is -2.19. The maximum Gasteiger partial charge on any atom is 0.307 e. The molecular formula is C17H21N3O4S. The molecule has 1 amide bonds. The Labute approximate surface area is 150 Å². The number of ether oxygens (including phenoxy) is 1. The molecule has 1 aliphatic heterocycles. The summed E-state index contributed by atoms with van der Waals surface area (Å²) in [4.78, 5) is 32.5. The maximum absolute atomic E-state index is 12.2. The third kappa shape index (κ3) is 3.91. The van der Waals surface area contributed by atoms with Gasteiger partial charge in [0.15, 0.2) is 0 Å². The van der Waals surface area contributed by atoms with E-state index in [9.17, 15) is 9.59 Å². The van der Waals surface area contributed by atoms with Gasteiger partial charge >= 0.3 is 5.97 Å². The zero-order valence-corrected chi connectivity index (χ0v) is 15.3. The van der Waals surface area contributed by atoms with Crippen molar-refractivity contribution in [1.29, 1.82) is 0 Å². The highest BCUT2D eigenvalue weighted by Gasteiger charge is 2.33. The maximum atomic E-state index is 12.2. The number of nitrogens with zero attached hydrogens (tertiary/aromatic N) is 2. The van der Waals surface area contributed by atoms with Gasteiger partial charge in [0, 0.05) is 24.5 Å². The molecule has 0 spiro atoms. The zero-order valence-electron chi connectivity index (χ0n) is 14.5. The van der Waals surface area contributed by atoms with Crippen LogP contribution >= 0.6 is 11.3 Å². The van der Waals surface area contributed by atoms with E-state index in [0.717, 1.165) is 16.3 Å².